The number of hydrogen-bond donors (Lipinski definition) is 2. The van der Waals surface area contributed by atoms with Crippen molar-refractivity contribution in [3.05, 3.63) is 57.8 Å². The number of ether oxygens (including phenoxy) is 1. The SMILES string of the molecule is COc1cccc(Nc2c(C(=O)N(C(=O)O)C(C)(C)C)cnc3ccc(I)cc23)c1. The number of benzene rings is 2. The lowest BCUT2D eigenvalue weighted by Gasteiger charge is -2.31. The van der Waals surface area contributed by atoms with E-state index in [9.17, 15) is 14.7 Å². The van der Waals surface area contributed by atoms with Crippen molar-refractivity contribution in [3.63, 3.8) is 0 Å². The summed E-state index contributed by atoms with van der Waals surface area (Å²) >= 11 is 2.19. The second-order valence-corrected chi connectivity index (χ2v) is 8.90. The maximum Gasteiger partial charge on any atom is 0.414 e. The molecule has 156 valence electrons. The first-order valence-corrected chi connectivity index (χ1v) is 10.3. The molecule has 30 heavy (non-hydrogen) atoms. The van der Waals surface area contributed by atoms with Gasteiger partial charge in [-0.1, -0.05) is 6.07 Å². The Bertz CT molecular complexity index is 1130. The molecule has 2 aromatic carbocycles. The van der Waals surface area contributed by atoms with Crippen LogP contribution >= 0.6 is 22.6 Å². The molecule has 0 saturated carbocycles. The Morgan fingerprint density at radius 2 is 1.90 bits per heavy atom. The fourth-order valence-corrected chi connectivity index (χ4v) is 3.60. The maximum absolute atomic E-state index is 13.3. The molecule has 0 unspecified atom stereocenters. The summed E-state index contributed by atoms with van der Waals surface area (Å²) < 4.78 is 6.25. The van der Waals surface area contributed by atoms with Crippen LogP contribution in [0.4, 0.5) is 16.2 Å². The number of rotatable bonds is 4. The molecule has 0 atom stereocenters. The maximum atomic E-state index is 13.3. The predicted octanol–water partition coefficient (Wildman–Crippen LogP) is 5.51. The van der Waals surface area contributed by atoms with Gasteiger partial charge in [-0.25, -0.2) is 9.69 Å². The topological polar surface area (TPSA) is 91.8 Å². The number of methoxy groups -OCH3 is 1. The molecule has 3 rings (SSSR count). The summed E-state index contributed by atoms with van der Waals surface area (Å²) in [6.45, 7) is 5.02. The van der Waals surface area contributed by atoms with Crippen LogP contribution in [0.1, 0.15) is 31.1 Å². The van der Waals surface area contributed by atoms with E-state index in [0.29, 0.717) is 22.6 Å². The quantitative estimate of drug-likeness (QED) is 0.442. The number of aromatic nitrogens is 1. The summed E-state index contributed by atoms with van der Waals surface area (Å²) in [5.74, 6) is 0.0105. The first-order valence-electron chi connectivity index (χ1n) is 9.18. The second kappa shape index (κ2) is 8.47. The molecule has 0 bridgehead atoms. The fraction of sp³-hybridized carbons (Fsp3) is 0.227. The minimum atomic E-state index is -1.32. The van der Waals surface area contributed by atoms with Crippen molar-refractivity contribution >= 4 is 56.9 Å². The first-order chi connectivity index (χ1) is 14.1. The summed E-state index contributed by atoms with van der Waals surface area (Å²) in [6, 6.07) is 13.0. The molecule has 1 aromatic heterocycles. The third kappa shape index (κ3) is 4.48. The Kier molecular flexibility index (Phi) is 6.16. The van der Waals surface area contributed by atoms with Crippen LogP contribution in [0.3, 0.4) is 0 Å². The zero-order chi connectivity index (χ0) is 22.1. The zero-order valence-electron chi connectivity index (χ0n) is 17.1. The number of fused-ring (bicyclic) bond motifs is 1. The molecule has 0 aliphatic carbocycles. The van der Waals surface area contributed by atoms with Crippen LogP contribution in [0.25, 0.3) is 10.9 Å². The molecule has 2 amide bonds. The molecular weight excluding hydrogens is 497 g/mol. The van der Waals surface area contributed by atoms with E-state index in [-0.39, 0.29) is 5.56 Å². The van der Waals surface area contributed by atoms with Crippen LogP contribution in [0.5, 0.6) is 5.75 Å². The summed E-state index contributed by atoms with van der Waals surface area (Å²) in [5, 5.41) is 13.7. The highest BCUT2D eigenvalue weighted by Gasteiger charge is 2.35. The van der Waals surface area contributed by atoms with Crippen molar-refractivity contribution in [2.24, 2.45) is 0 Å². The molecule has 0 radical (unpaired) electrons. The predicted molar refractivity (Wildman–Crippen MR) is 125 cm³/mol. The first kappa shape index (κ1) is 21.8. The van der Waals surface area contributed by atoms with Gasteiger partial charge in [0.2, 0.25) is 0 Å². The van der Waals surface area contributed by atoms with Crippen molar-refractivity contribution in [1.82, 2.24) is 9.88 Å². The second-order valence-electron chi connectivity index (χ2n) is 7.66. The van der Waals surface area contributed by atoms with Crippen LogP contribution in [0, 0.1) is 3.57 Å². The highest BCUT2D eigenvalue weighted by Crippen LogP contribution is 2.33. The normalized spacial score (nSPS) is 11.2. The number of halogens is 1. The van der Waals surface area contributed by atoms with E-state index >= 15 is 0 Å². The number of nitrogens with zero attached hydrogens (tertiary/aromatic N) is 2. The van der Waals surface area contributed by atoms with Crippen LogP contribution in [-0.4, -0.2) is 39.6 Å². The molecule has 8 heteroatoms. The van der Waals surface area contributed by atoms with E-state index in [2.05, 4.69) is 32.9 Å². The van der Waals surface area contributed by atoms with Gasteiger partial charge in [0.25, 0.3) is 5.91 Å². The number of nitrogens with one attached hydrogen (secondary N) is 1. The molecule has 3 aromatic rings. The lowest BCUT2D eigenvalue weighted by Crippen LogP contribution is -2.49. The third-order valence-corrected chi connectivity index (χ3v) is 5.14. The zero-order valence-corrected chi connectivity index (χ0v) is 19.2. The number of hydrogen-bond acceptors (Lipinski definition) is 5. The van der Waals surface area contributed by atoms with E-state index in [0.717, 1.165) is 13.9 Å². The molecule has 0 fully saturated rings. The number of carboxylic acid groups (broad SMARTS) is 1. The number of anilines is 2. The Balaban J connectivity index is 2.22. The molecule has 7 nitrogen and oxygen atoms in total. The van der Waals surface area contributed by atoms with Gasteiger partial charge in [-0.05, 0) is 73.7 Å². The Hall–Kier alpha value is -2.88. The van der Waals surface area contributed by atoms with Crippen molar-refractivity contribution in [2.75, 3.05) is 12.4 Å². The molecule has 1 heterocycles. The van der Waals surface area contributed by atoms with E-state index < -0.39 is 17.5 Å². The summed E-state index contributed by atoms with van der Waals surface area (Å²) in [5.41, 5.74) is 1.13. The van der Waals surface area contributed by atoms with Crippen molar-refractivity contribution in [1.29, 1.82) is 0 Å². The van der Waals surface area contributed by atoms with Crippen molar-refractivity contribution < 1.29 is 19.4 Å². The molecule has 0 aliphatic heterocycles. The van der Waals surface area contributed by atoms with E-state index in [1.807, 2.05) is 36.4 Å². The smallest absolute Gasteiger partial charge is 0.414 e. The van der Waals surface area contributed by atoms with E-state index in [1.165, 1.54) is 6.20 Å². The Morgan fingerprint density at radius 1 is 1.17 bits per heavy atom. The van der Waals surface area contributed by atoms with Gasteiger partial charge in [0.1, 0.15) is 5.75 Å². The number of amides is 2. The highest BCUT2D eigenvalue weighted by molar-refractivity contribution is 14.1. The average molecular weight is 519 g/mol. The van der Waals surface area contributed by atoms with Gasteiger partial charge in [0.05, 0.1) is 23.9 Å². The Morgan fingerprint density at radius 3 is 2.53 bits per heavy atom. The van der Waals surface area contributed by atoms with Crippen LogP contribution in [0.2, 0.25) is 0 Å². The van der Waals surface area contributed by atoms with Gasteiger partial charge >= 0.3 is 6.09 Å². The number of carbonyl (C=O) groups is 2. The van der Waals surface area contributed by atoms with Crippen molar-refractivity contribution in [3.8, 4) is 5.75 Å². The molecule has 2 N–H and O–H groups in total. The number of carbonyl (C=O) groups excluding carboxylic acids is 1. The van der Waals surface area contributed by atoms with Gasteiger partial charge in [-0.2, -0.15) is 0 Å². The summed E-state index contributed by atoms with van der Waals surface area (Å²) in [7, 11) is 1.58. The average Bonchev–Trinajstić information content (AvgIpc) is 2.67. The van der Waals surface area contributed by atoms with Crippen LogP contribution < -0.4 is 10.1 Å². The third-order valence-electron chi connectivity index (χ3n) is 4.46. The van der Waals surface area contributed by atoms with Gasteiger partial charge in [0, 0.05) is 32.4 Å². The number of imide groups is 1. The van der Waals surface area contributed by atoms with Gasteiger partial charge in [-0.15, -0.1) is 0 Å². The van der Waals surface area contributed by atoms with Crippen LogP contribution in [0.15, 0.2) is 48.7 Å². The lowest BCUT2D eigenvalue weighted by atomic mass is 10.0. The van der Waals surface area contributed by atoms with E-state index in [1.54, 1.807) is 33.9 Å². The highest BCUT2D eigenvalue weighted by atomic mass is 127. The lowest BCUT2D eigenvalue weighted by molar-refractivity contribution is 0.0579. The fourth-order valence-electron chi connectivity index (χ4n) is 3.11. The van der Waals surface area contributed by atoms with Crippen LogP contribution in [-0.2, 0) is 0 Å². The van der Waals surface area contributed by atoms with Gasteiger partial charge < -0.3 is 15.2 Å². The number of pyridine rings is 1. The molecule has 0 spiro atoms. The van der Waals surface area contributed by atoms with Gasteiger partial charge in [-0.3, -0.25) is 9.78 Å². The molecule has 0 saturated heterocycles. The van der Waals surface area contributed by atoms with Crippen molar-refractivity contribution in [2.45, 2.75) is 26.3 Å². The largest absolute Gasteiger partial charge is 0.497 e. The minimum Gasteiger partial charge on any atom is -0.497 e. The minimum absolute atomic E-state index is 0.171. The Labute approximate surface area is 188 Å². The molecular formula is C22H22IN3O4. The molecule has 0 aliphatic rings. The summed E-state index contributed by atoms with van der Waals surface area (Å²) in [6.07, 6.45) is 0.101. The standard InChI is InChI=1S/C22H22IN3O4/c1-22(2,3)26(21(28)29)20(27)17-12-24-18-9-8-13(23)10-16(18)19(17)25-14-6-5-7-15(11-14)30-4/h5-12H,1-4H3,(H,24,25)(H,28,29). The summed E-state index contributed by atoms with van der Waals surface area (Å²) in [4.78, 5) is 30.4. The van der Waals surface area contributed by atoms with E-state index in [4.69, 9.17) is 4.74 Å². The van der Waals surface area contributed by atoms with Gasteiger partial charge in [0.15, 0.2) is 0 Å². The monoisotopic (exact) mass is 519 g/mol.